The fraction of sp³-hybridized carbons (Fsp3) is 0.273. The van der Waals surface area contributed by atoms with E-state index in [9.17, 15) is 4.39 Å². The monoisotopic (exact) mass is 428 g/mol. The standard InChI is InChI=1S/C22H22ClFN4O2/c1-11(13-7-17(23)20(24)18(8-13)29-4)16-10-26-21-15(16)6-14(9-25-21)19-12(2)28(3)27-22(19)30-5/h6-11H,1-5H3,(H,25,26)/t11-/m0/s1. The number of aromatic nitrogens is 4. The Labute approximate surface area is 178 Å². The summed E-state index contributed by atoms with van der Waals surface area (Å²) in [5.41, 5.74) is 5.42. The smallest absolute Gasteiger partial charge is 0.240 e. The number of fused-ring (bicyclic) bond motifs is 1. The van der Waals surface area contributed by atoms with Gasteiger partial charge in [0, 0.05) is 42.0 Å². The van der Waals surface area contributed by atoms with Crippen LogP contribution in [-0.4, -0.2) is 34.0 Å². The lowest BCUT2D eigenvalue weighted by molar-refractivity contribution is 0.386. The van der Waals surface area contributed by atoms with E-state index in [1.807, 2.05) is 27.1 Å². The molecular formula is C22H22ClFN4O2. The van der Waals surface area contributed by atoms with Crippen LogP contribution in [-0.2, 0) is 7.05 Å². The number of nitrogens with one attached hydrogen (secondary N) is 1. The maximum Gasteiger partial charge on any atom is 0.240 e. The van der Waals surface area contributed by atoms with Crippen molar-refractivity contribution in [2.45, 2.75) is 19.8 Å². The van der Waals surface area contributed by atoms with Crippen molar-refractivity contribution >= 4 is 22.6 Å². The quantitative estimate of drug-likeness (QED) is 0.472. The van der Waals surface area contributed by atoms with Crippen molar-refractivity contribution in [2.75, 3.05) is 14.2 Å². The van der Waals surface area contributed by atoms with Gasteiger partial charge in [-0.05, 0) is 36.2 Å². The predicted octanol–water partition coefficient (Wildman–Crippen LogP) is 5.23. The number of aryl methyl sites for hydroxylation is 1. The van der Waals surface area contributed by atoms with Crippen LogP contribution in [0.1, 0.15) is 29.7 Å². The molecular weight excluding hydrogens is 407 g/mol. The number of methoxy groups -OCH3 is 2. The van der Waals surface area contributed by atoms with E-state index in [1.165, 1.54) is 7.11 Å². The molecule has 0 unspecified atom stereocenters. The van der Waals surface area contributed by atoms with Crippen molar-refractivity contribution in [1.29, 1.82) is 0 Å². The lowest BCUT2D eigenvalue weighted by Gasteiger charge is -2.14. The van der Waals surface area contributed by atoms with Crippen LogP contribution in [0.5, 0.6) is 11.6 Å². The number of halogens is 2. The van der Waals surface area contributed by atoms with Gasteiger partial charge in [-0.15, -0.1) is 5.10 Å². The molecule has 0 aliphatic carbocycles. The number of aromatic amines is 1. The van der Waals surface area contributed by atoms with Gasteiger partial charge in [-0.1, -0.05) is 18.5 Å². The normalized spacial score (nSPS) is 12.4. The van der Waals surface area contributed by atoms with Crippen molar-refractivity contribution < 1.29 is 13.9 Å². The number of pyridine rings is 1. The van der Waals surface area contributed by atoms with Crippen molar-refractivity contribution in [3.63, 3.8) is 0 Å². The summed E-state index contributed by atoms with van der Waals surface area (Å²) in [6.45, 7) is 4.02. The molecule has 4 aromatic rings. The minimum atomic E-state index is -0.558. The van der Waals surface area contributed by atoms with Gasteiger partial charge in [0.1, 0.15) is 5.65 Å². The molecule has 0 saturated heterocycles. The second-order valence-corrected chi connectivity index (χ2v) is 7.61. The summed E-state index contributed by atoms with van der Waals surface area (Å²) in [5.74, 6) is 0.0481. The van der Waals surface area contributed by atoms with Gasteiger partial charge in [-0.2, -0.15) is 0 Å². The Hall–Kier alpha value is -3.06. The van der Waals surface area contributed by atoms with Gasteiger partial charge in [-0.25, -0.2) is 9.37 Å². The third-order valence-corrected chi connectivity index (χ3v) is 5.83. The van der Waals surface area contributed by atoms with Gasteiger partial charge < -0.3 is 14.5 Å². The number of ether oxygens (including phenoxy) is 2. The van der Waals surface area contributed by atoms with E-state index in [4.69, 9.17) is 21.1 Å². The van der Waals surface area contributed by atoms with Crippen LogP contribution in [0.15, 0.2) is 30.6 Å². The van der Waals surface area contributed by atoms with Crippen LogP contribution < -0.4 is 9.47 Å². The van der Waals surface area contributed by atoms with Crippen LogP contribution >= 0.6 is 11.6 Å². The van der Waals surface area contributed by atoms with Crippen molar-refractivity contribution in [1.82, 2.24) is 19.7 Å². The second-order valence-electron chi connectivity index (χ2n) is 7.20. The highest BCUT2D eigenvalue weighted by atomic mass is 35.5. The lowest BCUT2D eigenvalue weighted by atomic mass is 9.92. The molecule has 30 heavy (non-hydrogen) atoms. The zero-order valence-corrected chi connectivity index (χ0v) is 18.1. The summed E-state index contributed by atoms with van der Waals surface area (Å²) < 4.78 is 26.5. The highest BCUT2D eigenvalue weighted by Gasteiger charge is 2.21. The van der Waals surface area contributed by atoms with Crippen LogP contribution in [0.3, 0.4) is 0 Å². The molecule has 0 bridgehead atoms. The molecule has 0 aliphatic heterocycles. The summed E-state index contributed by atoms with van der Waals surface area (Å²) in [5, 5.41) is 5.41. The minimum Gasteiger partial charge on any atom is -0.494 e. The maximum atomic E-state index is 14.1. The van der Waals surface area contributed by atoms with E-state index in [2.05, 4.69) is 21.1 Å². The summed E-state index contributed by atoms with van der Waals surface area (Å²) in [6.07, 6.45) is 3.72. The van der Waals surface area contributed by atoms with Crippen LogP contribution in [0.2, 0.25) is 5.02 Å². The molecule has 0 fully saturated rings. The molecule has 0 amide bonds. The molecule has 0 aliphatic rings. The Morgan fingerprint density at radius 3 is 2.67 bits per heavy atom. The zero-order chi connectivity index (χ0) is 21.6. The number of hydrogen-bond acceptors (Lipinski definition) is 4. The summed E-state index contributed by atoms with van der Waals surface area (Å²) >= 11 is 6.08. The van der Waals surface area contributed by atoms with Crippen LogP contribution in [0, 0.1) is 12.7 Å². The number of H-pyrrole nitrogens is 1. The average molecular weight is 429 g/mol. The highest BCUT2D eigenvalue weighted by molar-refractivity contribution is 6.31. The predicted molar refractivity (Wildman–Crippen MR) is 115 cm³/mol. The van der Waals surface area contributed by atoms with Gasteiger partial charge in [-0.3, -0.25) is 4.68 Å². The van der Waals surface area contributed by atoms with Crippen molar-refractivity contribution in [3.05, 3.63) is 58.3 Å². The zero-order valence-electron chi connectivity index (χ0n) is 17.4. The fourth-order valence-electron chi connectivity index (χ4n) is 3.73. The third-order valence-electron chi connectivity index (χ3n) is 5.55. The average Bonchev–Trinajstić information content (AvgIpc) is 3.29. The van der Waals surface area contributed by atoms with E-state index in [0.717, 1.165) is 39.0 Å². The Bertz CT molecular complexity index is 1250. The van der Waals surface area contributed by atoms with Crippen molar-refractivity contribution in [2.24, 2.45) is 7.05 Å². The second kappa shape index (κ2) is 7.65. The van der Waals surface area contributed by atoms with E-state index in [1.54, 1.807) is 30.1 Å². The first-order chi connectivity index (χ1) is 14.3. The van der Waals surface area contributed by atoms with Gasteiger partial charge >= 0.3 is 0 Å². The first kappa shape index (κ1) is 20.2. The molecule has 1 N–H and O–H groups in total. The minimum absolute atomic E-state index is 0.0329. The Balaban J connectivity index is 1.84. The molecule has 8 heteroatoms. The number of rotatable bonds is 5. The topological polar surface area (TPSA) is 65.0 Å². The SMILES string of the molecule is COc1cc([C@H](C)c2c[nH]c3ncc(-c4c(OC)nn(C)c4C)cc23)cc(Cl)c1F. The number of benzene rings is 1. The first-order valence-electron chi connectivity index (χ1n) is 9.43. The number of hydrogen-bond donors (Lipinski definition) is 1. The molecule has 1 atom stereocenters. The van der Waals surface area contributed by atoms with Crippen LogP contribution in [0.25, 0.3) is 22.2 Å². The van der Waals surface area contributed by atoms with Gasteiger partial charge in [0.2, 0.25) is 5.88 Å². The van der Waals surface area contributed by atoms with Crippen molar-refractivity contribution in [3.8, 4) is 22.8 Å². The summed E-state index contributed by atoms with van der Waals surface area (Å²) in [4.78, 5) is 7.81. The molecule has 0 spiro atoms. The van der Waals surface area contributed by atoms with Crippen LogP contribution in [0.4, 0.5) is 4.39 Å². The molecule has 1 aromatic carbocycles. The van der Waals surface area contributed by atoms with E-state index in [0.29, 0.717) is 5.88 Å². The molecule has 0 radical (unpaired) electrons. The molecule has 0 saturated carbocycles. The molecule has 3 aromatic heterocycles. The Morgan fingerprint density at radius 2 is 1.97 bits per heavy atom. The molecule has 4 rings (SSSR count). The molecule has 3 heterocycles. The third kappa shape index (κ3) is 3.19. The first-order valence-corrected chi connectivity index (χ1v) is 9.81. The highest BCUT2D eigenvalue weighted by Crippen LogP contribution is 2.38. The summed E-state index contributed by atoms with van der Waals surface area (Å²) in [7, 11) is 4.91. The van der Waals surface area contributed by atoms with Gasteiger partial charge in [0.25, 0.3) is 0 Å². The molecule has 156 valence electrons. The summed E-state index contributed by atoms with van der Waals surface area (Å²) in [6, 6.07) is 5.38. The van der Waals surface area contributed by atoms with Gasteiger partial charge in [0.05, 0.1) is 24.8 Å². The largest absolute Gasteiger partial charge is 0.494 e. The Morgan fingerprint density at radius 1 is 1.20 bits per heavy atom. The maximum absolute atomic E-state index is 14.1. The van der Waals surface area contributed by atoms with E-state index in [-0.39, 0.29) is 16.7 Å². The van der Waals surface area contributed by atoms with Gasteiger partial charge in [0.15, 0.2) is 11.6 Å². The Kier molecular flexibility index (Phi) is 5.15. The molecule has 6 nitrogen and oxygen atoms in total. The lowest BCUT2D eigenvalue weighted by Crippen LogP contribution is -1.99. The van der Waals surface area contributed by atoms with E-state index < -0.39 is 5.82 Å². The number of nitrogens with zero attached hydrogens (tertiary/aromatic N) is 3. The van der Waals surface area contributed by atoms with E-state index >= 15 is 0 Å². The fourth-order valence-corrected chi connectivity index (χ4v) is 3.95.